The number of anilines is 1. The molecule has 1 N–H and O–H groups in total. The second kappa shape index (κ2) is 8.70. The van der Waals surface area contributed by atoms with E-state index in [0.717, 1.165) is 26.3 Å². The summed E-state index contributed by atoms with van der Waals surface area (Å²) < 4.78 is 8.30. The molecule has 0 aliphatic carbocycles. The molecule has 1 amide bonds. The Labute approximate surface area is 165 Å². The highest BCUT2D eigenvalue weighted by molar-refractivity contribution is 9.10. The molecule has 26 heavy (non-hydrogen) atoms. The van der Waals surface area contributed by atoms with E-state index in [1.165, 1.54) is 11.8 Å². The van der Waals surface area contributed by atoms with Crippen LogP contribution in [0.15, 0.2) is 58.2 Å². The van der Waals surface area contributed by atoms with Crippen molar-refractivity contribution in [2.45, 2.75) is 23.9 Å². The number of hydrogen-bond donors (Lipinski definition) is 1. The van der Waals surface area contributed by atoms with Gasteiger partial charge in [0.1, 0.15) is 0 Å². The molecule has 1 atom stereocenters. The summed E-state index contributed by atoms with van der Waals surface area (Å²) in [4.78, 5) is 17.2. The molecule has 0 bridgehead atoms. The summed E-state index contributed by atoms with van der Waals surface area (Å²) in [6, 6.07) is 15.5. The van der Waals surface area contributed by atoms with Gasteiger partial charge in [-0.25, -0.2) is 4.98 Å². The van der Waals surface area contributed by atoms with E-state index >= 15 is 0 Å². The number of methoxy groups -OCH3 is 1. The van der Waals surface area contributed by atoms with Gasteiger partial charge in [-0.1, -0.05) is 39.8 Å². The highest BCUT2D eigenvalue weighted by Gasteiger charge is 2.19. The topological polar surface area (TPSA) is 56.1 Å². The van der Waals surface area contributed by atoms with Crippen LogP contribution in [0.1, 0.15) is 6.92 Å². The fourth-order valence-corrected chi connectivity index (χ4v) is 3.75. The van der Waals surface area contributed by atoms with Gasteiger partial charge in [0.05, 0.1) is 22.9 Å². The number of benzene rings is 2. The zero-order valence-electron chi connectivity index (χ0n) is 14.6. The number of para-hydroxylation sites is 2. The third-order valence-corrected chi connectivity index (χ3v) is 5.52. The molecule has 0 aliphatic rings. The molecular formula is C19H20BrN3O2S. The van der Waals surface area contributed by atoms with Gasteiger partial charge in [0.2, 0.25) is 5.91 Å². The number of thioether (sulfide) groups is 1. The Bertz CT molecular complexity index is 895. The number of amides is 1. The fraction of sp³-hybridized carbons (Fsp3) is 0.263. The zero-order chi connectivity index (χ0) is 18.5. The molecule has 0 spiro atoms. The lowest BCUT2D eigenvalue weighted by molar-refractivity contribution is -0.115. The molecule has 136 valence electrons. The highest BCUT2D eigenvalue weighted by atomic mass is 79.9. The van der Waals surface area contributed by atoms with Crippen LogP contribution in [0.5, 0.6) is 0 Å². The Kier molecular flexibility index (Phi) is 6.34. The van der Waals surface area contributed by atoms with E-state index < -0.39 is 0 Å². The van der Waals surface area contributed by atoms with E-state index in [0.29, 0.717) is 13.2 Å². The lowest BCUT2D eigenvalue weighted by atomic mass is 10.3. The Morgan fingerprint density at radius 2 is 2.00 bits per heavy atom. The third-order valence-electron chi connectivity index (χ3n) is 3.90. The summed E-state index contributed by atoms with van der Waals surface area (Å²) in [6.45, 7) is 3.17. The molecule has 3 rings (SSSR count). The standard InChI is InChI=1S/C19H20BrN3O2S/c1-13(18(24)21-15-9-7-14(20)8-10-15)26-19-22-16-5-3-4-6-17(16)23(19)11-12-25-2/h3-10,13H,11-12H2,1-2H3,(H,21,24)/t13-/m1/s1. The first kappa shape index (κ1) is 18.9. The lowest BCUT2D eigenvalue weighted by Gasteiger charge is -2.13. The van der Waals surface area contributed by atoms with Gasteiger partial charge in [-0.05, 0) is 43.3 Å². The number of carbonyl (C=O) groups is 1. The normalized spacial score (nSPS) is 12.3. The molecule has 5 nitrogen and oxygen atoms in total. The predicted molar refractivity (Wildman–Crippen MR) is 110 cm³/mol. The first-order valence-electron chi connectivity index (χ1n) is 8.26. The molecular weight excluding hydrogens is 414 g/mol. The van der Waals surface area contributed by atoms with Gasteiger partial charge in [0.25, 0.3) is 0 Å². The number of hydrogen-bond acceptors (Lipinski definition) is 4. The molecule has 0 radical (unpaired) electrons. The predicted octanol–water partition coefficient (Wildman–Crippen LogP) is 4.56. The van der Waals surface area contributed by atoms with Gasteiger partial charge in [-0.3, -0.25) is 4.79 Å². The van der Waals surface area contributed by atoms with Crippen molar-refractivity contribution in [3.05, 3.63) is 53.0 Å². The number of ether oxygens (including phenoxy) is 1. The zero-order valence-corrected chi connectivity index (χ0v) is 17.0. The molecule has 0 aliphatic heterocycles. The van der Waals surface area contributed by atoms with Gasteiger partial charge >= 0.3 is 0 Å². The third kappa shape index (κ3) is 4.47. The Hall–Kier alpha value is -1.83. The van der Waals surface area contributed by atoms with Crippen LogP contribution in [-0.4, -0.2) is 34.4 Å². The van der Waals surface area contributed by atoms with Gasteiger partial charge < -0.3 is 14.6 Å². The van der Waals surface area contributed by atoms with E-state index in [1.54, 1.807) is 7.11 Å². The van der Waals surface area contributed by atoms with Crippen LogP contribution in [0.25, 0.3) is 11.0 Å². The van der Waals surface area contributed by atoms with Crippen LogP contribution in [-0.2, 0) is 16.1 Å². The summed E-state index contributed by atoms with van der Waals surface area (Å²) in [7, 11) is 1.68. The van der Waals surface area contributed by atoms with Crippen molar-refractivity contribution in [1.29, 1.82) is 0 Å². The van der Waals surface area contributed by atoms with E-state index in [-0.39, 0.29) is 11.2 Å². The quantitative estimate of drug-likeness (QED) is 0.554. The summed E-state index contributed by atoms with van der Waals surface area (Å²) >= 11 is 4.84. The first-order valence-corrected chi connectivity index (χ1v) is 9.93. The second-order valence-electron chi connectivity index (χ2n) is 5.78. The van der Waals surface area contributed by atoms with Gasteiger partial charge in [-0.15, -0.1) is 0 Å². The SMILES string of the molecule is COCCn1c(S[C@H](C)C(=O)Nc2ccc(Br)cc2)nc2ccccc21. The van der Waals surface area contributed by atoms with Gasteiger partial charge in [0.15, 0.2) is 5.16 Å². The molecule has 1 heterocycles. The molecule has 0 unspecified atom stereocenters. The minimum absolute atomic E-state index is 0.0531. The maximum absolute atomic E-state index is 12.5. The molecule has 1 aromatic heterocycles. The Morgan fingerprint density at radius 3 is 2.73 bits per heavy atom. The first-order chi connectivity index (χ1) is 12.6. The number of fused-ring (bicyclic) bond motifs is 1. The monoisotopic (exact) mass is 433 g/mol. The maximum atomic E-state index is 12.5. The second-order valence-corrected chi connectivity index (χ2v) is 8.01. The van der Waals surface area contributed by atoms with Crippen LogP contribution in [0, 0.1) is 0 Å². The number of imidazole rings is 1. The average Bonchev–Trinajstić information content (AvgIpc) is 2.98. The van der Waals surface area contributed by atoms with Crippen LogP contribution in [0.2, 0.25) is 0 Å². The molecule has 3 aromatic rings. The van der Waals surface area contributed by atoms with Crippen LogP contribution in [0.4, 0.5) is 5.69 Å². The largest absolute Gasteiger partial charge is 0.383 e. The molecule has 0 fully saturated rings. The van der Waals surface area contributed by atoms with Crippen molar-refractivity contribution in [2.75, 3.05) is 19.0 Å². The van der Waals surface area contributed by atoms with E-state index in [2.05, 4.69) is 25.8 Å². The number of nitrogens with one attached hydrogen (secondary N) is 1. The van der Waals surface area contributed by atoms with Gasteiger partial charge in [-0.2, -0.15) is 0 Å². The minimum atomic E-state index is -0.281. The number of nitrogens with zero attached hydrogens (tertiary/aromatic N) is 2. The lowest BCUT2D eigenvalue weighted by Crippen LogP contribution is -2.23. The summed E-state index contributed by atoms with van der Waals surface area (Å²) in [5.74, 6) is -0.0531. The summed E-state index contributed by atoms with van der Waals surface area (Å²) in [6.07, 6.45) is 0. The molecule has 0 saturated carbocycles. The average molecular weight is 434 g/mol. The number of rotatable bonds is 7. The van der Waals surface area contributed by atoms with Crippen molar-refractivity contribution in [3.8, 4) is 0 Å². The van der Waals surface area contributed by atoms with Crippen LogP contribution >= 0.6 is 27.7 Å². The maximum Gasteiger partial charge on any atom is 0.237 e. The van der Waals surface area contributed by atoms with Crippen molar-refractivity contribution >= 4 is 50.3 Å². The van der Waals surface area contributed by atoms with Crippen molar-refractivity contribution in [3.63, 3.8) is 0 Å². The smallest absolute Gasteiger partial charge is 0.237 e. The Morgan fingerprint density at radius 1 is 1.27 bits per heavy atom. The van der Waals surface area contributed by atoms with Crippen molar-refractivity contribution < 1.29 is 9.53 Å². The van der Waals surface area contributed by atoms with Crippen molar-refractivity contribution in [1.82, 2.24) is 9.55 Å². The van der Waals surface area contributed by atoms with E-state index in [1.807, 2.05) is 55.5 Å². The molecule has 7 heteroatoms. The van der Waals surface area contributed by atoms with Crippen molar-refractivity contribution in [2.24, 2.45) is 0 Å². The fourth-order valence-electron chi connectivity index (χ4n) is 2.53. The number of carbonyl (C=O) groups excluding carboxylic acids is 1. The molecule has 0 saturated heterocycles. The Balaban J connectivity index is 1.76. The van der Waals surface area contributed by atoms with Crippen LogP contribution < -0.4 is 5.32 Å². The highest BCUT2D eigenvalue weighted by Crippen LogP contribution is 2.28. The molecule has 2 aromatic carbocycles. The number of halogens is 1. The summed E-state index contributed by atoms with van der Waals surface area (Å²) in [5.41, 5.74) is 2.75. The van der Waals surface area contributed by atoms with E-state index in [9.17, 15) is 4.79 Å². The van der Waals surface area contributed by atoms with E-state index in [4.69, 9.17) is 9.72 Å². The minimum Gasteiger partial charge on any atom is -0.383 e. The van der Waals surface area contributed by atoms with Crippen LogP contribution in [0.3, 0.4) is 0 Å². The summed E-state index contributed by atoms with van der Waals surface area (Å²) in [5, 5.41) is 3.48. The number of aromatic nitrogens is 2. The van der Waals surface area contributed by atoms with Gasteiger partial charge in [0, 0.05) is 23.8 Å².